The molecule has 6 N–H and O–H groups in total. The Balaban J connectivity index is 1.37. The first-order valence-corrected chi connectivity index (χ1v) is 9.85. The summed E-state index contributed by atoms with van der Waals surface area (Å²) >= 11 is 1.31. The molecule has 0 fully saturated rings. The van der Waals surface area contributed by atoms with Crippen molar-refractivity contribution in [3.05, 3.63) is 46.2 Å². The van der Waals surface area contributed by atoms with Crippen LogP contribution in [0.15, 0.2) is 23.6 Å². The van der Waals surface area contributed by atoms with E-state index in [0.29, 0.717) is 16.4 Å². The first-order valence-electron chi connectivity index (χ1n) is 8.97. The Morgan fingerprint density at radius 1 is 1.47 bits per heavy atom. The molecule has 2 aromatic heterocycles. The summed E-state index contributed by atoms with van der Waals surface area (Å²) in [4.78, 5) is 17.8. The lowest BCUT2D eigenvalue weighted by molar-refractivity contribution is -0.121. The Kier molecular flexibility index (Phi) is 5.63. The van der Waals surface area contributed by atoms with Crippen LogP contribution < -0.4 is 15.7 Å². The number of para-hydroxylation sites is 1. The van der Waals surface area contributed by atoms with Crippen LogP contribution in [0.5, 0.6) is 5.75 Å². The Morgan fingerprint density at radius 2 is 2.30 bits per heavy atom. The molecule has 0 saturated heterocycles. The minimum absolute atomic E-state index is 0.134. The highest BCUT2D eigenvalue weighted by molar-refractivity contribution is 7.13. The molecule has 156 valence electrons. The van der Waals surface area contributed by atoms with Gasteiger partial charge in [0.15, 0.2) is 17.2 Å². The van der Waals surface area contributed by atoms with Crippen LogP contribution >= 0.6 is 11.3 Å². The number of tetrazole rings is 1. The quantitative estimate of drug-likeness (QED) is 0.226. The van der Waals surface area contributed by atoms with Crippen LogP contribution in [0.3, 0.4) is 0 Å². The normalized spacial score (nSPS) is 15.7. The summed E-state index contributed by atoms with van der Waals surface area (Å²) in [5.41, 5.74) is 7.08. The van der Waals surface area contributed by atoms with E-state index in [4.69, 9.17) is 10.4 Å². The number of amides is 1. The first kappa shape index (κ1) is 20.2. The van der Waals surface area contributed by atoms with Gasteiger partial charge in [0.1, 0.15) is 12.3 Å². The molecule has 30 heavy (non-hydrogen) atoms. The van der Waals surface area contributed by atoms with Crippen molar-refractivity contribution >= 4 is 29.5 Å². The van der Waals surface area contributed by atoms with Gasteiger partial charge in [-0.2, -0.15) is 4.80 Å². The standard InChI is InChI=1S/C16H18BN7O5S/c18-16-19-9(7-30-16)6-24-22-12(21-23-24)5-13(25)20-11-4-8-2-1-3-10(15(26)27)14(8)29-17(11)28/h1-3,7,11,15,26-28H,4-6H2,(H2,18,19)(H,20,25)/t11-/m0/s1. The van der Waals surface area contributed by atoms with Gasteiger partial charge in [0.05, 0.1) is 18.1 Å². The van der Waals surface area contributed by atoms with Gasteiger partial charge in [0.2, 0.25) is 5.91 Å². The summed E-state index contributed by atoms with van der Waals surface area (Å²) in [7, 11) is -1.35. The predicted molar refractivity (Wildman–Crippen MR) is 105 cm³/mol. The summed E-state index contributed by atoms with van der Waals surface area (Å²) in [6.07, 6.45) is -1.61. The zero-order chi connectivity index (χ0) is 21.3. The number of hydrogen-bond acceptors (Lipinski definition) is 11. The molecule has 3 aromatic rings. The van der Waals surface area contributed by atoms with E-state index in [2.05, 4.69) is 25.7 Å². The van der Waals surface area contributed by atoms with Gasteiger partial charge in [-0.15, -0.1) is 21.5 Å². The van der Waals surface area contributed by atoms with E-state index in [1.54, 1.807) is 17.5 Å². The van der Waals surface area contributed by atoms with Crippen molar-refractivity contribution in [1.82, 2.24) is 30.5 Å². The number of carbonyl (C=O) groups excluding carboxylic acids is 1. The SMILES string of the molecule is Nc1nc(Cn2nnc(CC(=O)N[C@H]3Cc4cccc(C(O)O)c4OB3O)n2)cs1. The van der Waals surface area contributed by atoms with Gasteiger partial charge < -0.3 is 30.9 Å². The zero-order valence-electron chi connectivity index (χ0n) is 15.5. The summed E-state index contributed by atoms with van der Waals surface area (Å²) in [5.74, 6) is -0.711. The molecular formula is C16H18BN7O5S. The Hall–Kier alpha value is -3.07. The van der Waals surface area contributed by atoms with Gasteiger partial charge in [0, 0.05) is 10.9 Å². The van der Waals surface area contributed by atoms with Gasteiger partial charge in [0.25, 0.3) is 0 Å². The largest absolute Gasteiger partial charge is 0.547 e. The van der Waals surface area contributed by atoms with E-state index in [9.17, 15) is 20.0 Å². The topological polar surface area (TPSA) is 182 Å². The second-order valence-electron chi connectivity index (χ2n) is 6.69. The number of carbonyl (C=O) groups is 1. The number of benzene rings is 1. The molecule has 0 radical (unpaired) electrons. The summed E-state index contributed by atoms with van der Waals surface area (Å²) < 4.78 is 5.42. The lowest BCUT2D eigenvalue weighted by Gasteiger charge is -2.29. The average molecular weight is 431 g/mol. The molecule has 12 nitrogen and oxygen atoms in total. The predicted octanol–water partition coefficient (Wildman–Crippen LogP) is -1.57. The highest BCUT2D eigenvalue weighted by Gasteiger charge is 2.37. The van der Waals surface area contributed by atoms with Crippen LogP contribution in [-0.4, -0.2) is 59.4 Å². The van der Waals surface area contributed by atoms with Crippen molar-refractivity contribution in [1.29, 1.82) is 0 Å². The van der Waals surface area contributed by atoms with Gasteiger partial charge in [-0.05, 0) is 17.2 Å². The monoisotopic (exact) mass is 431 g/mol. The summed E-state index contributed by atoms with van der Waals surface area (Å²) in [6, 6.07) is 4.86. The number of hydrogen-bond donors (Lipinski definition) is 5. The lowest BCUT2D eigenvalue weighted by Crippen LogP contribution is -2.53. The number of fused-ring (bicyclic) bond motifs is 1. The molecule has 0 saturated carbocycles. The molecule has 4 rings (SSSR count). The van der Waals surface area contributed by atoms with Crippen molar-refractivity contribution in [3.8, 4) is 5.75 Å². The molecule has 1 aromatic carbocycles. The summed E-state index contributed by atoms with van der Waals surface area (Å²) in [6.45, 7) is 0.285. The third-order valence-corrected chi connectivity index (χ3v) is 5.18. The number of aliphatic hydroxyl groups excluding tert-OH is 1. The molecule has 1 aliphatic rings. The minimum atomic E-state index is -1.73. The van der Waals surface area contributed by atoms with Gasteiger partial charge in [-0.3, -0.25) is 4.79 Å². The Bertz CT molecular complexity index is 1060. The van der Waals surface area contributed by atoms with E-state index in [0.717, 1.165) is 0 Å². The third kappa shape index (κ3) is 4.41. The van der Waals surface area contributed by atoms with E-state index in [1.165, 1.54) is 22.2 Å². The van der Waals surface area contributed by atoms with Gasteiger partial charge >= 0.3 is 7.12 Å². The number of anilines is 1. The van der Waals surface area contributed by atoms with Crippen molar-refractivity contribution in [3.63, 3.8) is 0 Å². The fraction of sp³-hybridized carbons (Fsp3) is 0.312. The smallest absolute Gasteiger partial charge is 0.534 e. The average Bonchev–Trinajstić information content (AvgIpc) is 3.30. The van der Waals surface area contributed by atoms with Crippen molar-refractivity contribution in [2.75, 3.05) is 5.73 Å². The van der Waals surface area contributed by atoms with Crippen LogP contribution in [0, 0.1) is 0 Å². The van der Waals surface area contributed by atoms with Crippen LogP contribution in [0.4, 0.5) is 5.13 Å². The maximum atomic E-state index is 12.4. The fourth-order valence-corrected chi connectivity index (χ4v) is 3.69. The highest BCUT2D eigenvalue weighted by Crippen LogP contribution is 2.32. The molecule has 1 aliphatic heterocycles. The molecular weight excluding hydrogens is 413 g/mol. The zero-order valence-corrected chi connectivity index (χ0v) is 16.4. The number of nitrogens with two attached hydrogens (primary N) is 1. The molecule has 0 aliphatic carbocycles. The van der Waals surface area contributed by atoms with E-state index in [1.807, 2.05) is 0 Å². The maximum absolute atomic E-state index is 12.4. The first-order chi connectivity index (χ1) is 14.4. The van der Waals surface area contributed by atoms with E-state index in [-0.39, 0.29) is 36.5 Å². The highest BCUT2D eigenvalue weighted by atomic mass is 32.1. The number of nitrogen functional groups attached to an aromatic ring is 1. The number of aliphatic hydroxyl groups is 2. The van der Waals surface area contributed by atoms with E-state index >= 15 is 0 Å². The molecule has 3 heterocycles. The number of nitrogens with zero attached hydrogens (tertiary/aromatic N) is 5. The molecule has 0 unspecified atom stereocenters. The maximum Gasteiger partial charge on any atom is 0.547 e. The van der Waals surface area contributed by atoms with Crippen LogP contribution in [0.1, 0.15) is 28.9 Å². The number of aromatic nitrogens is 5. The third-order valence-electron chi connectivity index (χ3n) is 4.46. The lowest BCUT2D eigenvalue weighted by atomic mass is 9.72. The molecule has 0 spiro atoms. The number of thiazole rings is 1. The fourth-order valence-electron chi connectivity index (χ4n) is 3.13. The molecule has 1 amide bonds. The Labute approximate surface area is 174 Å². The van der Waals surface area contributed by atoms with Crippen LogP contribution in [-0.2, 0) is 24.2 Å². The van der Waals surface area contributed by atoms with E-state index < -0.39 is 25.3 Å². The summed E-state index contributed by atoms with van der Waals surface area (Å²) in [5, 5.41) is 45.9. The van der Waals surface area contributed by atoms with Crippen LogP contribution in [0.25, 0.3) is 0 Å². The van der Waals surface area contributed by atoms with Crippen molar-refractivity contribution < 1.29 is 24.7 Å². The second-order valence-corrected chi connectivity index (χ2v) is 7.58. The number of nitrogens with one attached hydrogen (secondary N) is 1. The molecule has 14 heteroatoms. The molecule has 0 bridgehead atoms. The van der Waals surface area contributed by atoms with Crippen LogP contribution in [0.2, 0.25) is 0 Å². The molecule has 1 atom stereocenters. The van der Waals surface area contributed by atoms with Crippen molar-refractivity contribution in [2.45, 2.75) is 31.6 Å². The number of rotatable bonds is 6. The van der Waals surface area contributed by atoms with Crippen molar-refractivity contribution in [2.24, 2.45) is 0 Å². The Morgan fingerprint density at radius 3 is 3.03 bits per heavy atom. The second kappa shape index (κ2) is 8.35. The minimum Gasteiger partial charge on any atom is -0.534 e. The van der Waals surface area contributed by atoms with Gasteiger partial charge in [-0.1, -0.05) is 18.2 Å². The van der Waals surface area contributed by atoms with Gasteiger partial charge in [-0.25, -0.2) is 4.98 Å².